The summed E-state index contributed by atoms with van der Waals surface area (Å²) in [7, 11) is -3.79. The van der Waals surface area contributed by atoms with E-state index in [1.807, 2.05) is 0 Å². The number of nitrogens with one attached hydrogen (secondary N) is 1. The third-order valence-corrected chi connectivity index (χ3v) is 6.83. The highest BCUT2D eigenvalue weighted by Gasteiger charge is 2.34. The van der Waals surface area contributed by atoms with Crippen LogP contribution in [-0.4, -0.2) is 50.0 Å². The van der Waals surface area contributed by atoms with E-state index < -0.39 is 10.0 Å². The van der Waals surface area contributed by atoms with Gasteiger partial charge in [-0.1, -0.05) is 29.3 Å². The van der Waals surface area contributed by atoms with Gasteiger partial charge in [0.1, 0.15) is 4.90 Å². The molecular formula is C15H20Cl2N2O4S. The number of benzene rings is 1. The van der Waals surface area contributed by atoms with Crippen molar-refractivity contribution in [3.8, 4) is 0 Å². The molecule has 2 rings (SSSR count). The van der Waals surface area contributed by atoms with Gasteiger partial charge < -0.3 is 10.4 Å². The maximum Gasteiger partial charge on any atom is 0.246 e. The molecule has 1 aromatic carbocycles. The minimum absolute atomic E-state index is 0.0234. The lowest BCUT2D eigenvalue weighted by Gasteiger charge is -2.31. The first kappa shape index (κ1) is 19.5. The molecule has 1 amide bonds. The summed E-state index contributed by atoms with van der Waals surface area (Å²) in [4.78, 5) is 11.9. The van der Waals surface area contributed by atoms with E-state index >= 15 is 0 Å². The van der Waals surface area contributed by atoms with Gasteiger partial charge in [0.05, 0.1) is 10.0 Å². The summed E-state index contributed by atoms with van der Waals surface area (Å²) in [5.74, 6) is -0.326. The van der Waals surface area contributed by atoms with Crippen LogP contribution in [-0.2, 0) is 14.8 Å². The number of sulfonamides is 1. The Balaban J connectivity index is 2.02. The third kappa shape index (κ3) is 4.40. The summed E-state index contributed by atoms with van der Waals surface area (Å²) in [5.41, 5.74) is 0. The molecule has 1 aromatic rings. The number of hydrogen-bond donors (Lipinski definition) is 2. The predicted molar refractivity (Wildman–Crippen MR) is 92.7 cm³/mol. The zero-order valence-electron chi connectivity index (χ0n) is 13.0. The number of carbonyl (C=O) groups is 1. The van der Waals surface area contributed by atoms with Crippen LogP contribution in [0.4, 0.5) is 0 Å². The highest BCUT2D eigenvalue weighted by molar-refractivity contribution is 7.89. The molecule has 24 heavy (non-hydrogen) atoms. The van der Waals surface area contributed by atoms with Crippen molar-refractivity contribution < 1.29 is 18.3 Å². The number of piperidine rings is 1. The smallest absolute Gasteiger partial charge is 0.246 e. The molecule has 0 radical (unpaired) electrons. The molecule has 1 aliphatic rings. The van der Waals surface area contributed by atoms with Crippen molar-refractivity contribution >= 4 is 39.1 Å². The first-order valence-electron chi connectivity index (χ1n) is 7.70. The second-order valence-electron chi connectivity index (χ2n) is 5.60. The van der Waals surface area contributed by atoms with E-state index in [-0.39, 0.29) is 46.5 Å². The number of hydrogen-bond acceptors (Lipinski definition) is 4. The van der Waals surface area contributed by atoms with Crippen LogP contribution in [0.2, 0.25) is 10.0 Å². The molecule has 2 N–H and O–H groups in total. The molecule has 0 unspecified atom stereocenters. The molecule has 6 nitrogen and oxygen atoms in total. The summed E-state index contributed by atoms with van der Waals surface area (Å²) in [5, 5.41) is 11.6. The maximum atomic E-state index is 12.7. The van der Waals surface area contributed by atoms with Gasteiger partial charge in [0.2, 0.25) is 15.9 Å². The average Bonchev–Trinajstić information content (AvgIpc) is 2.54. The normalized spacial score (nSPS) is 17.0. The van der Waals surface area contributed by atoms with E-state index in [2.05, 4.69) is 5.32 Å². The fourth-order valence-corrected chi connectivity index (χ4v) is 5.21. The van der Waals surface area contributed by atoms with Gasteiger partial charge in [-0.05, 0) is 31.4 Å². The van der Waals surface area contributed by atoms with Crippen molar-refractivity contribution in [3.05, 3.63) is 28.2 Å². The third-order valence-electron chi connectivity index (χ3n) is 3.98. The number of aliphatic hydroxyl groups is 1. The van der Waals surface area contributed by atoms with Crippen LogP contribution in [0.3, 0.4) is 0 Å². The van der Waals surface area contributed by atoms with Crippen LogP contribution in [0.25, 0.3) is 0 Å². The topological polar surface area (TPSA) is 86.7 Å². The number of aliphatic hydroxyl groups excluding tert-OH is 1. The largest absolute Gasteiger partial charge is 0.396 e. The molecule has 0 atom stereocenters. The maximum absolute atomic E-state index is 12.7. The molecule has 0 aromatic heterocycles. The number of carbonyl (C=O) groups excluding carboxylic acids is 1. The van der Waals surface area contributed by atoms with Crippen molar-refractivity contribution in [3.63, 3.8) is 0 Å². The van der Waals surface area contributed by atoms with E-state index in [1.165, 1.54) is 16.4 Å². The van der Waals surface area contributed by atoms with E-state index in [0.29, 0.717) is 25.8 Å². The second kappa shape index (κ2) is 8.49. The number of halogens is 2. The zero-order chi connectivity index (χ0) is 17.7. The molecule has 0 aliphatic carbocycles. The van der Waals surface area contributed by atoms with Crippen molar-refractivity contribution in [1.82, 2.24) is 9.62 Å². The van der Waals surface area contributed by atoms with Crippen LogP contribution >= 0.6 is 23.2 Å². The van der Waals surface area contributed by atoms with Gasteiger partial charge in [-0.3, -0.25) is 4.79 Å². The van der Waals surface area contributed by atoms with Gasteiger partial charge in [-0.2, -0.15) is 4.31 Å². The Labute approximate surface area is 151 Å². The highest BCUT2D eigenvalue weighted by Crippen LogP contribution is 2.33. The minimum atomic E-state index is -3.79. The molecule has 0 bridgehead atoms. The summed E-state index contributed by atoms with van der Waals surface area (Å²) in [6.07, 6.45) is 1.38. The van der Waals surface area contributed by atoms with Crippen LogP contribution in [0.1, 0.15) is 19.3 Å². The first-order chi connectivity index (χ1) is 11.4. The number of nitrogens with zero attached hydrogens (tertiary/aromatic N) is 1. The molecule has 134 valence electrons. The van der Waals surface area contributed by atoms with Crippen molar-refractivity contribution in [2.24, 2.45) is 5.92 Å². The lowest BCUT2D eigenvalue weighted by Crippen LogP contribution is -2.43. The van der Waals surface area contributed by atoms with Crippen LogP contribution in [0.5, 0.6) is 0 Å². The summed E-state index contributed by atoms with van der Waals surface area (Å²) >= 11 is 12.0. The Hall–Kier alpha value is -0.860. The van der Waals surface area contributed by atoms with Gasteiger partial charge in [-0.25, -0.2) is 8.42 Å². The molecule has 0 spiro atoms. The van der Waals surface area contributed by atoms with E-state index in [9.17, 15) is 13.2 Å². The second-order valence-corrected chi connectivity index (χ2v) is 8.29. The Bertz CT molecular complexity index is 668. The minimum Gasteiger partial charge on any atom is -0.396 e. The Morgan fingerprint density at radius 2 is 1.83 bits per heavy atom. The van der Waals surface area contributed by atoms with Crippen molar-refractivity contribution in [1.29, 1.82) is 0 Å². The standard InChI is InChI=1S/C15H20Cl2N2O4S/c16-12-3-1-4-13(17)14(12)24(22,23)19-8-5-11(6-9-19)15(21)18-7-2-10-20/h1,3-4,11,20H,2,5-10H2,(H,18,21). The van der Waals surface area contributed by atoms with Crippen LogP contribution in [0.15, 0.2) is 23.1 Å². The summed E-state index contributed by atoms with van der Waals surface area (Å²) in [6.45, 7) is 0.919. The molecule has 0 saturated carbocycles. The lowest BCUT2D eigenvalue weighted by atomic mass is 9.97. The molecule has 1 saturated heterocycles. The van der Waals surface area contributed by atoms with E-state index in [4.69, 9.17) is 28.3 Å². The molecule has 9 heteroatoms. The number of amides is 1. The van der Waals surface area contributed by atoms with Gasteiger partial charge in [0, 0.05) is 32.2 Å². The molecule has 1 heterocycles. The highest BCUT2D eigenvalue weighted by atomic mass is 35.5. The predicted octanol–water partition coefficient (Wildman–Crippen LogP) is 1.89. The zero-order valence-corrected chi connectivity index (χ0v) is 15.4. The van der Waals surface area contributed by atoms with Crippen LogP contribution < -0.4 is 5.32 Å². The van der Waals surface area contributed by atoms with Gasteiger partial charge in [-0.15, -0.1) is 0 Å². The van der Waals surface area contributed by atoms with Crippen LogP contribution in [0, 0.1) is 5.92 Å². The quantitative estimate of drug-likeness (QED) is 0.721. The molecule has 1 fully saturated rings. The SMILES string of the molecule is O=C(NCCCO)C1CCN(S(=O)(=O)c2c(Cl)cccc2Cl)CC1. The average molecular weight is 395 g/mol. The van der Waals surface area contributed by atoms with Gasteiger partial charge in [0.15, 0.2) is 0 Å². The van der Waals surface area contributed by atoms with Gasteiger partial charge >= 0.3 is 0 Å². The summed E-state index contributed by atoms with van der Waals surface area (Å²) < 4.78 is 26.8. The monoisotopic (exact) mass is 394 g/mol. The Morgan fingerprint density at radius 1 is 1.25 bits per heavy atom. The van der Waals surface area contributed by atoms with E-state index in [0.717, 1.165) is 0 Å². The van der Waals surface area contributed by atoms with Gasteiger partial charge in [0.25, 0.3) is 0 Å². The fraction of sp³-hybridized carbons (Fsp3) is 0.533. The van der Waals surface area contributed by atoms with E-state index in [1.54, 1.807) is 6.07 Å². The Morgan fingerprint density at radius 3 is 2.38 bits per heavy atom. The molecular weight excluding hydrogens is 375 g/mol. The van der Waals surface area contributed by atoms with Crippen molar-refractivity contribution in [2.45, 2.75) is 24.2 Å². The fourth-order valence-electron chi connectivity index (χ4n) is 2.65. The van der Waals surface area contributed by atoms with Crippen molar-refractivity contribution in [2.75, 3.05) is 26.2 Å². The Kier molecular flexibility index (Phi) is 6.88. The number of rotatable bonds is 6. The summed E-state index contributed by atoms with van der Waals surface area (Å²) in [6, 6.07) is 4.57. The first-order valence-corrected chi connectivity index (χ1v) is 9.90. The lowest BCUT2D eigenvalue weighted by molar-refractivity contribution is -0.126. The molecule has 1 aliphatic heterocycles.